The molecule has 0 aromatic carbocycles. The van der Waals surface area contributed by atoms with Crippen molar-refractivity contribution in [2.24, 2.45) is 5.92 Å². The van der Waals surface area contributed by atoms with E-state index < -0.39 is 0 Å². The van der Waals surface area contributed by atoms with Gasteiger partial charge in [-0.3, -0.25) is 4.79 Å². The summed E-state index contributed by atoms with van der Waals surface area (Å²) in [4.78, 5) is 12.1. The maximum atomic E-state index is 12.1. The van der Waals surface area contributed by atoms with E-state index >= 15 is 0 Å². The molecule has 1 aromatic heterocycles. The van der Waals surface area contributed by atoms with Crippen molar-refractivity contribution in [3.63, 3.8) is 0 Å². The molecule has 1 saturated heterocycles. The van der Waals surface area contributed by atoms with Crippen LogP contribution >= 0.6 is 11.6 Å². The maximum absolute atomic E-state index is 12.1. The summed E-state index contributed by atoms with van der Waals surface area (Å²) < 4.78 is 1.87. The van der Waals surface area contributed by atoms with Gasteiger partial charge in [-0.05, 0) is 51.3 Å². The van der Waals surface area contributed by atoms with E-state index in [1.54, 1.807) is 12.3 Å². The highest BCUT2D eigenvalue weighted by molar-refractivity contribution is 6.31. The summed E-state index contributed by atoms with van der Waals surface area (Å²) in [5.41, 5.74) is 0.647. The van der Waals surface area contributed by atoms with Gasteiger partial charge < -0.3 is 15.2 Å². The van der Waals surface area contributed by atoms with Crippen molar-refractivity contribution >= 4 is 17.5 Å². The van der Waals surface area contributed by atoms with Crippen LogP contribution in [0, 0.1) is 5.92 Å². The zero-order valence-electron chi connectivity index (χ0n) is 11.4. The molecule has 1 amide bonds. The smallest absolute Gasteiger partial charge is 0.267 e. The van der Waals surface area contributed by atoms with Gasteiger partial charge in [0.25, 0.3) is 5.91 Å². The lowest BCUT2D eigenvalue weighted by Crippen LogP contribution is -2.33. The highest BCUT2D eigenvalue weighted by Gasteiger charge is 2.15. The Morgan fingerprint density at radius 3 is 3.16 bits per heavy atom. The number of rotatable bonds is 5. The molecule has 0 radical (unpaired) electrons. The molecule has 2 heterocycles. The van der Waals surface area contributed by atoms with E-state index in [4.69, 9.17) is 11.6 Å². The number of aryl methyl sites for hydroxylation is 1. The van der Waals surface area contributed by atoms with E-state index in [1.165, 1.54) is 12.8 Å². The minimum Gasteiger partial charge on any atom is -0.351 e. The number of hydrogen-bond acceptors (Lipinski definition) is 2. The monoisotopic (exact) mass is 283 g/mol. The van der Waals surface area contributed by atoms with Gasteiger partial charge >= 0.3 is 0 Å². The van der Waals surface area contributed by atoms with Crippen LogP contribution in [0.3, 0.4) is 0 Å². The fourth-order valence-corrected chi connectivity index (χ4v) is 2.80. The molecule has 5 heteroatoms. The van der Waals surface area contributed by atoms with Gasteiger partial charge in [-0.2, -0.15) is 0 Å². The molecule has 1 atom stereocenters. The quantitative estimate of drug-likeness (QED) is 0.871. The molecule has 1 aromatic rings. The van der Waals surface area contributed by atoms with Crippen molar-refractivity contribution in [3.05, 3.63) is 23.0 Å². The predicted molar refractivity (Wildman–Crippen MR) is 77.7 cm³/mol. The number of aromatic nitrogens is 1. The molecule has 2 rings (SSSR count). The lowest BCUT2D eigenvalue weighted by Gasteiger charge is -2.22. The SMILES string of the molecule is CCn1cc(Cl)cc1C(=O)NCCC1CCCNC1. The van der Waals surface area contributed by atoms with Crippen LogP contribution in [-0.4, -0.2) is 30.1 Å². The number of carbonyl (C=O) groups is 1. The van der Waals surface area contributed by atoms with E-state index in [1.807, 2.05) is 11.5 Å². The fraction of sp³-hybridized carbons (Fsp3) is 0.643. The Hall–Kier alpha value is -1.00. The molecule has 1 aliphatic rings. The summed E-state index contributed by atoms with van der Waals surface area (Å²) in [5.74, 6) is 0.660. The Morgan fingerprint density at radius 1 is 1.63 bits per heavy atom. The second-order valence-corrected chi connectivity index (χ2v) is 5.52. The molecule has 1 aliphatic heterocycles. The van der Waals surface area contributed by atoms with Gasteiger partial charge in [-0.1, -0.05) is 11.6 Å². The Kier molecular flexibility index (Phi) is 5.28. The third kappa shape index (κ3) is 3.98. The summed E-state index contributed by atoms with van der Waals surface area (Å²) >= 11 is 5.94. The van der Waals surface area contributed by atoms with Gasteiger partial charge in [0.05, 0.1) is 5.02 Å². The van der Waals surface area contributed by atoms with Crippen LogP contribution in [0.1, 0.15) is 36.7 Å². The van der Waals surface area contributed by atoms with Gasteiger partial charge in [0, 0.05) is 19.3 Å². The van der Waals surface area contributed by atoms with Crippen molar-refractivity contribution < 1.29 is 4.79 Å². The fourth-order valence-electron chi connectivity index (χ4n) is 2.58. The van der Waals surface area contributed by atoms with Crippen molar-refractivity contribution in [3.8, 4) is 0 Å². The zero-order valence-corrected chi connectivity index (χ0v) is 12.2. The van der Waals surface area contributed by atoms with Crippen molar-refractivity contribution in [2.75, 3.05) is 19.6 Å². The predicted octanol–water partition coefficient (Wildman–Crippen LogP) is 2.28. The molecule has 0 bridgehead atoms. The molecule has 1 fully saturated rings. The molecular weight excluding hydrogens is 262 g/mol. The molecule has 0 saturated carbocycles. The first-order valence-corrected chi connectivity index (χ1v) is 7.43. The van der Waals surface area contributed by atoms with E-state index in [0.29, 0.717) is 16.6 Å². The summed E-state index contributed by atoms with van der Waals surface area (Å²) in [6.07, 6.45) is 5.34. The molecular formula is C14H22ClN3O. The Morgan fingerprint density at radius 2 is 2.47 bits per heavy atom. The number of piperidine rings is 1. The summed E-state index contributed by atoms with van der Waals surface area (Å²) in [7, 11) is 0. The molecule has 2 N–H and O–H groups in total. The van der Waals surface area contributed by atoms with Crippen LogP contribution in [-0.2, 0) is 6.54 Å². The number of amides is 1. The topological polar surface area (TPSA) is 46.1 Å². The van der Waals surface area contributed by atoms with Crippen molar-refractivity contribution in [2.45, 2.75) is 32.7 Å². The van der Waals surface area contributed by atoms with Gasteiger partial charge in [-0.25, -0.2) is 0 Å². The number of carbonyl (C=O) groups excluding carboxylic acids is 1. The minimum atomic E-state index is -0.0301. The normalized spacial score (nSPS) is 19.4. The Labute approximate surface area is 119 Å². The Bertz CT molecular complexity index is 424. The van der Waals surface area contributed by atoms with Crippen LogP contribution in [0.2, 0.25) is 5.02 Å². The van der Waals surface area contributed by atoms with Crippen LogP contribution in [0.4, 0.5) is 0 Å². The lowest BCUT2D eigenvalue weighted by atomic mass is 9.96. The van der Waals surface area contributed by atoms with E-state index in [0.717, 1.165) is 32.6 Å². The first-order chi connectivity index (χ1) is 9.20. The highest BCUT2D eigenvalue weighted by Crippen LogP contribution is 2.15. The largest absolute Gasteiger partial charge is 0.351 e. The van der Waals surface area contributed by atoms with Crippen LogP contribution in [0.5, 0.6) is 0 Å². The first kappa shape index (κ1) is 14.4. The number of nitrogens with one attached hydrogen (secondary N) is 2. The lowest BCUT2D eigenvalue weighted by molar-refractivity contribution is 0.0941. The average Bonchev–Trinajstić information content (AvgIpc) is 2.81. The molecule has 106 valence electrons. The summed E-state index contributed by atoms with van der Waals surface area (Å²) in [6.45, 7) is 5.69. The first-order valence-electron chi connectivity index (χ1n) is 7.05. The van der Waals surface area contributed by atoms with Crippen LogP contribution in [0.15, 0.2) is 12.3 Å². The minimum absolute atomic E-state index is 0.0301. The molecule has 0 aliphatic carbocycles. The van der Waals surface area contributed by atoms with E-state index in [9.17, 15) is 4.79 Å². The summed E-state index contributed by atoms with van der Waals surface area (Å²) in [5, 5.41) is 6.99. The van der Waals surface area contributed by atoms with Crippen molar-refractivity contribution in [1.82, 2.24) is 15.2 Å². The van der Waals surface area contributed by atoms with Crippen LogP contribution < -0.4 is 10.6 Å². The standard InChI is InChI=1S/C14H22ClN3O/c1-2-18-10-12(15)8-13(18)14(19)17-7-5-11-4-3-6-16-9-11/h8,10-11,16H,2-7,9H2,1H3,(H,17,19). The van der Waals surface area contributed by atoms with E-state index in [-0.39, 0.29) is 5.91 Å². The third-order valence-electron chi connectivity index (χ3n) is 3.67. The highest BCUT2D eigenvalue weighted by atomic mass is 35.5. The van der Waals surface area contributed by atoms with Gasteiger partial charge in [-0.15, -0.1) is 0 Å². The maximum Gasteiger partial charge on any atom is 0.267 e. The van der Waals surface area contributed by atoms with Crippen LogP contribution in [0.25, 0.3) is 0 Å². The molecule has 0 spiro atoms. The molecule has 1 unspecified atom stereocenters. The molecule has 4 nitrogen and oxygen atoms in total. The number of nitrogens with zero attached hydrogens (tertiary/aromatic N) is 1. The second kappa shape index (κ2) is 6.96. The van der Waals surface area contributed by atoms with Crippen molar-refractivity contribution in [1.29, 1.82) is 0 Å². The van der Waals surface area contributed by atoms with E-state index in [2.05, 4.69) is 10.6 Å². The van der Waals surface area contributed by atoms with Gasteiger partial charge in [0.2, 0.25) is 0 Å². The average molecular weight is 284 g/mol. The second-order valence-electron chi connectivity index (χ2n) is 5.09. The zero-order chi connectivity index (χ0) is 13.7. The van der Waals surface area contributed by atoms with Gasteiger partial charge in [0.1, 0.15) is 5.69 Å². The Balaban J connectivity index is 1.80. The van der Waals surface area contributed by atoms with Gasteiger partial charge in [0.15, 0.2) is 0 Å². The summed E-state index contributed by atoms with van der Waals surface area (Å²) in [6, 6.07) is 1.72. The molecule has 19 heavy (non-hydrogen) atoms. The number of halogens is 1. The number of hydrogen-bond donors (Lipinski definition) is 2. The third-order valence-corrected chi connectivity index (χ3v) is 3.88.